The molecule has 3 heteroatoms. The molecule has 1 heterocycles. The zero-order valence-corrected chi connectivity index (χ0v) is 8.42. The Hall–Kier alpha value is -0.990. The first-order valence-corrected chi connectivity index (χ1v) is 4.95. The minimum absolute atomic E-state index is 0.202. The Morgan fingerprint density at radius 2 is 2.21 bits per heavy atom. The molecule has 0 unspecified atom stereocenters. The number of halogens is 1. The molecule has 0 atom stereocenters. The average Bonchev–Trinajstić information content (AvgIpc) is 2.57. The van der Waals surface area contributed by atoms with E-state index in [2.05, 4.69) is 0 Å². The summed E-state index contributed by atoms with van der Waals surface area (Å²) in [7, 11) is 0. The SMILES string of the molecule is OCCCc1coc2ccc(Cl)cc12. The summed E-state index contributed by atoms with van der Waals surface area (Å²) in [5.41, 5.74) is 1.96. The molecule has 0 aliphatic carbocycles. The maximum Gasteiger partial charge on any atom is 0.134 e. The summed E-state index contributed by atoms with van der Waals surface area (Å²) in [6.07, 6.45) is 3.31. The van der Waals surface area contributed by atoms with Gasteiger partial charge in [0.1, 0.15) is 5.58 Å². The molecule has 1 N–H and O–H groups in total. The highest BCUT2D eigenvalue weighted by molar-refractivity contribution is 6.31. The van der Waals surface area contributed by atoms with Crippen molar-refractivity contribution in [2.75, 3.05) is 6.61 Å². The van der Waals surface area contributed by atoms with Crippen molar-refractivity contribution >= 4 is 22.6 Å². The van der Waals surface area contributed by atoms with Gasteiger partial charge >= 0.3 is 0 Å². The van der Waals surface area contributed by atoms with E-state index < -0.39 is 0 Å². The van der Waals surface area contributed by atoms with Crippen LogP contribution < -0.4 is 0 Å². The minimum atomic E-state index is 0.202. The van der Waals surface area contributed by atoms with Crippen LogP contribution in [0.5, 0.6) is 0 Å². The van der Waals surface area contributed by atoms with Crippen molar-refractivity contribution in [1.82, 2.24) is 0 Å². The van der Waals surface area contributed by atoms with Gasteiger partial charge in [-0.1, -0.05) is 11.6 Å². The summed E-state index contributed by atoms with van der Waals surface area (Å²) in [5.74, 6) is 0. The Kier molecular flexibility index (Phi) is 2.75. The summed E-state index contributed by atoms with van der Waals surface area (Å²) >= 11 is 5.89. The molecule has 0 saturated heterocycles. The Morgan fingerprint density at radius 3 is 3.00 bits per heavy atom. The monoisotopic (exact) mass is 210 g/mol. The lowest BCUT2D eigenvalue weighted by Gasteiger charge is -1.95. The van der Waals surface area contributed by atoms with Crippen molar-refractivity contribution in [3.05, 3.63) is 35.0 Å². The number of hydrogen-bond donors (Lipinski definition) is 1. The fourth-order valence-corrected chi connectivity index (χ4v) is 1.69. The summed E-state index contributed by atoms with van der Waals surface area (Å²) in [4.78, 5) is 0. The zero-order valence-electron chi connectivity index (χ0n) is 7.66. The molecule has 0 saturated carbocycles. The van der Waals surface area contributed by atoms with Gasteiger partial charge in [-0.25, -0.2) is 0 Å². The second kappa shape index (κ2) is 4.03. The number of aliphatic hydroxyl groups excluding tert-OH is 1. The first-order chi connectivity index (χ1) is 6.81. The topological polar surface area (TPSA) is 33.4 Å². The van der Waals surface area contributed by atoms with Crippen molar-refractivity contribution < 1.29 is 9.52 Å². The summed E-state index contributed by atoms with van der Waals surface area (Å²) < 4.78 is 5.36. The van der Waals surface area contributed by atoms with Crippen LogP contribution in [-0.4, -0.2) is 11.7 Å². The van der Waals surface area contributed by atoms with E-state index in [1.165, 1.54) is 0 Å². The lowest BCUT2D eigenvalue weighted by Crippen LogP contribution is -1.87. The standard InChI is InChI=1S/C11H11ClO2/c12-9-3-4-11-10(6-9)8(7-14-11)2-1-5-13/h3-4,6-7,13H,1-2,5H2. The van der Waals surface area contributed by atoms with Crippen LogP contribution >= 0.6 is 11.6 Å². The van der Waals surface area contributed by atoms with Crippen LogP contribution in [0.1, 0.15) is 12.0 Å². The molecule has 0 aliphatic rings. The number of aliphatic hydroxyl groups is 1. The quantitative estimate of drug-likeness (QED) is 0.845. The van der Waals surface area contributed by atoms with E-state index in [0.29, 0.717) is 5.02 Å². The van der Waals surface area contributed by atoms with Crippen molar-refractivity contribution in [3.8, 4) is 0 Å². The van der Waals surface area contributed by atoms with E-state index in [1.54, 1.807) is 6.26 Å². The highest BCUT2D eigenvalue weighted by atomic mass is 35.5. The molecule has 1 aromatic carbocycles. The van der Waals surface area contributed by atoms with Crippen LogP contribution in [0.4, 0.5) is 0 Å². The van der Waals surface area contributed by atoms with E-state index in [-0.39, 0.29) is 6.61 Å². The van der Waals surface area contributed by atoms with Crippen molar-refractivity contribution in [1.29, 1.82) is 0 Å². The van der Waals surface area contributed by atoms with E-state index in [4.69, 9.17) is 21.1 Å². The first kappa shape index (κ1) is 9.56. The molecule has 0 aliphatic heterocycles. The molecule has 0 amide bonds. The number of fused-ring (bicyclic) bond motifs is 1. The normalized spacial score (nSPS) is 11.0. The Bertz CT molecular complexity index is 434. The highest BCUT2D eigenvalue weighted by Gasteiger charge is 2.05. The van der Waals surface area contributed by atoms with Gasteiger partial charge in [-0.2, -0.15) is 0 Å². The van der Waals surface area contributed by atoms with Crippen LogP contribution in [-0.2, 0) is 6.42 Å². The predicted molar refractivity (Wildman–Crippen MR) is 56.6 cm³/mol. The Balaban J connectivity index is 2.40. The number of rotatable bonds is 3. The number of furan rings is 1. The van der Waals surface area contributed by atoms with Crippen LogP contribution in [0.15, 0.2) is 28.9 Å². The molecular formula is C11H11ClO2. The molecule has 74 valence electrons. The molecule has 14 heavy (non-hydrogen) atoms. The van der Waals surface area contributed by atoms with Crippen LogP contribution in [0.2, 0.25) is 5.02 Å². The second-order valence-corrected chi connectivity index (χ2v) is 3.67. The number of aryl methyl sites for hydroxylation is 1. The minimum Gasteiger partial charge on any atom is -0.464 e. The fourth-order valence-electron chi connectivity index (χ4n) is 1.52. The number of benzene rings is 1. The lowest BCUT2D eigenvalue weighted by atomic mass is 10.1. The van der Waals surface area contributed by atoms with Gasteiger partial charge in [-0.3, -0.25) is 0 Å². The van der Waals surface area contributed by atoms with Gasteiger partial charge in [0, 0.05) is 17.0 Å². The van der Waals surface area contributed by atoms with Crippen LogP contribution in [0, 0.1) is 0 Å². The largest absolute Gasteiger partial charge is 0.464 e. The fraction of sp³-hybridized carbons (Fsp3) is 0.273. The maximum atomic E-state index is 8.74. The molecule has 2 aromatic rings. The smallest absolute Gasteiger partial charge is 0.134 e. The van der Waals surface area contributed by atoms with Crippen LogP contribution in [0.3, 0.4) is 0 Å². The molecule has 0 spiro atoms. The van der Waals surface area contributed by atoms with Gasteiger partial charge in [0.05, 0.1) is 6.26 Å². The molecule has 0 radical (unpaired) electrons. The summed E-state index contributed by atoms with van der Waals surface area (Å²) in [6.45, 7) is 0.202. The van der Waals surface area contributed by atoms with Crippen molar-refractivity contribution in [3.63, 3.8) is 0 Å². The van der Waals surface area contributed by atoms with Gasteiger partial charge in [-0.05, 0) is 36.6 Å². The summed E-state index contributed by atoms with van der Waals surface area (Å²) in [6, 6.07) is 5.57. The highest BCUT2D eigenvalue weighted by Crippen LogP contribution is 2.25. The van der Waals surface area contributed by atoms with Crippen molar-refractivity contribution in [2.45, 2.75) is 12.8 Å². The Morgan fingerprint density at radius 1 is 1.36 bits per heavy atom. The number of hydrogen-bond acceptors (Lipinski definition) is 2. The second-order valence-electron chi connectivity index (χ2n) is 3.23. The third kappa shape index (κ3) is 1.76. The van der Waals surface area contributed by atoms with E-state index in [1.807, 2.05) is 18.2 Å². The van der Waals surface area contributed by atoms with Gasteiger partial charge < -0.3 is 9.52 Å². The average molecular weight is 211 g/mol. The van der Waals surface area contributed by atoms with E-state index in [9.17, 15) is 0 Å². The molecule has 0 bridgehead atoms. The lowest BCUT2D eigenvalue weighted by molar-refractivity contribution is 0.288. The summed E-state index contributed by atoms with van der Waals surface area (Å²) in [5, 5.41) is 10.5. The molecule has 1 aromatic heterocycles. The van der Waals surface area contributed by atoms with Gasteiger partial charge in [-0.15, -0.1) is 0 Å². The van der Waals surface area contributed by atoms with Gasteiger partial charge in [0.2, 0.25) is 0 Å². The van der Waals surface area contributed by atoms with Crippen LogP contribution in [0.25, 0.3) is 11.0 Å². The molecule has 2 rings (SSSR count). The van der Waals surface area contributed by atoms with E-state index in [0.717, 1.165) is 29.4 Å². The molecule has 0 fully saturated rings. The Labute approximate surface area is 87.1 Å². The van der Waals surface area contributed by atoms with Gasteiger partial charge in [0.15, 0.2) is 0 Å². The molecule has 2 nitrogen and oxygen atoms in total. The predicted octanol–water partition coefficient (Wildman–Crippen LogP) is 3.01. The zero-order chi connectivity index (χ0) is 9.97. The van der Waals surface area contributed by atoms with E-state index >= 15 is 0 Å². The first-order valence-electron chi connectivity index (χ1n) is 4.58. The third-order valence-electron chi connectivity index (χ3n) is 2.22. The third-order valence-corrected chi connectivity index (χ3v) is 2.46. The maximum absolute atomic E-state index is 8.74. The van der Waals surface area contributed by atoms with Crippen molar-refractivity contribution in [2.24, 2.45) is 0 Å². The van der Waals surface area contributed by atoms with Gasteiger partial charge in [0.25, 0.3) is 0 Å². The molecular weight excluding hydrogens is 200 g/mol.